The van der Waals surface area contributed by atoms with Gasteiger partial charge in [0.25, 0.3) is 0 Å². The van der Waals surface area contributed by atoms with Gasteiger partial charge in [0.1, 0.15) is 12.9 Å². The van der Waals surface area contributed by atoms with Crippen LogP contribution in [0.15, 0.2) is 29.7 Å². The third-order valence-electron chi connectivity index (χ3n) is 4.43. The van der Waals surface area contributed by atoms with Crippen molar-refractivity contribution in [1.29, 1.82) is 0 Å². The summed E-state index contributed by atoms with van der Waals surface area (Å²) in [5, 5.41) is 11.4. The minimum Gasteiger partial charge on any atom is -0.493 e. The maximum Gasteiger partial charge on any atom is 0.325 e. The summed E-state index contributed by atoms with van der Waals surface area (Å²) in [6.45, 7) is 1.49. The molecule has 1 aliphatic rings. The minimum absolute atomic E-state index is 0.0250. The molecule has 156 valence electrons. The molecular weight excluding hydrogens is 396 g/mol. The Kier molecular flexibility index (Phi) is 6.81. The Balaban J connectivity index is 1.48. The van der Waals surface area contributed by atoms with Gasteiger partial charge in [0.15, 0.2) is 16.7 Å². The Hall–Kier alpha value is -2.95. The largest absolute Gasteiger partial charge is 0.493 e. The first-order valence-corrected chi connectivity index (χ1v) is 10.0. The molecule has 3 amide bonds. The number of benzene rings is 1. The molecule has 0 spiro atoms. The number of thioether (sulfide) groups is 1. The van der Waals surface area contributed by atoms with E-state index < -0.39 is 0 Å². The van der Waals surface area contributed by atoms with Crippen molar-refractivity contribution >= 4 is 29.4 Å². The first-order valence-electron chi connectivity index (χ1n) is 9.05. The average molecular weight is 420 g/mol. The molecule has 0 aliphatic carbocycles. The molecule has 0 unspecified atom stereocenters. The number of carbonyl (C=O) groups excluding carboxylic acids is 2. The summed E-state index contributed by atoms with van der Waals surface area (Å²) in [7, 11) is 4.97. The van der Waals surface area contributed by atoms with Gasteiger partial charge in [-0.2, -0.15) is 0 Å². The fourth-order valence-corrected chi connectivity index (χ4v) is 3.67. The number of amides is 3. The summed E-state index contributed by atoms with van der Waals surface area (Å²) in [6.07, 6.45) is 1.63. The maximum absolute atomic E-state index is 12.7. The van der Waals surface area contributed by atoms with Gasteiger partial charge in [-0.3, -0.25) is 9.69 Å². The second-order valence-electron chi connectivity index (χ2n) is 6.32. The van der Waals surface area contributed by atoms with E-state index in [9.17, 15) is 9.59 Å². The number of urea groups is 1. The molecule has 2 heterocycles. The monoisotopic (exact) mass is 420 g/mol. The van der Waals surface area contributed by atoms with Crippen molar-refractivity contribution in [2.45, 2.75) is 5.16 Å². The van der Waals surface area contributed by atoms with Crippen LogP contribution in [0.25, 0.3) is 0 Å². The van der Waals surface area contributed by atoms with Crippen LogP contribution >= 0.6 is 11.8 Å². The van der Waals surface area contributed by atoms with E-state index in [0.29, 0.717) is 42.6 Å². The summed E-state index contributed by atoms with van der Waals surface area (Å²) in [5.74, 6) is 1.63. The first kappa shape index (κ1) is 20.8. The van der Waals surface area contributed by atoms with E-state index in [1.165, 1.54) is 16.7 Å². The molecule has 1 saturated heterocycles. The van der Waals surface area contributed by atoms with E-state index in [0.717, 1.165) is 5.16 Å². The van der Waals surface area contributed by atoms with Gasteiger partial charge in [0.2, 0.25) is 5.91 Å². The van der Waals surface area contributed by atoms with Crippen LogP contribution in [0.2, 0.25) is 0 Å². The van der Waals surface area contributed by atoms with Gasteiger partial charge in [0, 0.05) is 44.2 Å². The van der Waals surface area contributed by atoms with Gasteiger partial charge in [-0.15, -0.1) is 10.2 Å². The Morgan fingerprint density at radius 3 is 2.72 bits per heavy atom. The third kappa shape index (κ3) is 4.91. The summed E-state index contributed by atoms with van der Waals surface area (Å²) in [6, 6.07) is 5.10. The van der Waals surface area contributed by atoms with Crippen molar-refractivity contribution in [3.63, 3.8) is 0 Å². The Bertz CT molecular complexity index is 874. The number of nitrogens with zero attached hydrogens (tertiary/aromatic N) is 5. The highest BCUT2D eigenvalue weighted by Crippen LogP contribution is 2.32. The number of methoxy groups -OCH3 is 2. The minimum atomic E-state index is -0.208. The zero-order valence-corrected chi connectivity index (χ0v) is 17.4. The molecule has 11 heteroatoms. The van der Waals surface area contributed by atoms with E-state index in [4.69, 9.17) is 9.47 Å². The quantitative estimate of drug-likeness (QED) is 0.477. The molecule has 29 heavy (non-hydrogen) atoms. The standard InChI is InChI=1S/C18H24N6O4S/c1-22-12-20-21-17(22)29-9-6-19-16(25)11-23-7-8-24(18(23)26)13-4-5-14(27-2)15(10-13)28-3/h4-5,10,12H,6-9,11H2,1-3H3,(H,19,25). The number of hydrogen-bond donors (Lipinski definition) is 1. The molecule has 0 atom stereocenters. The van der Waals surface area contributed by atoms with Crippen LogP contribution in [-0.4, -0.2) is 77.8 Å². The Morgan fingerprint density at radius 2 is 2.03 bits per heavy atom. The van der Waals surface area contributed by atoms with Gasteiger partial charge in [0.05, 0.1) is 14.2 Å². The summed E-state index contributed by atoms with van der Waals surface area (Å²) in [4.78, 5) is 28.0. The lowest BCUT2D eigenvalue weighted by molar-refractivity contribution is -0.121. The molecule has 2 aromatic rings. The average Bonchev–Trinajstić information content (AvgIpc) is 3.30. The molecule has 1 aromatic carbocycles. The number of hydrogen-bond acceptors (Lipinski definition) is 7. The summed E-state index contributed by atoms with van der Waals surface area (Å²) >= 11 is 1.51. The second kappa shape index (κ2) is 9.50. The normalized spacial score (nSPS) is 13.7. The third-order valence-corrected chi connectivity index (χ3v) is 5.47. The van der Waals surface area contributed by atoms with Crippen molar-refractivity contribution in [2.24, 2.45) is 7.05 Å². The molecule has 0 radical (unpaired) electrons. The molecule has 1 aromatic heterocycles. The van der Waals surface area contributed by atoms with Crippen LogP contribution in [-0.2, 0) is 11.8 Å². The number of aromatic nitrogens is 3. The fourth-order valence-electron chi connectivity index (χ4n) is 2.93. The molecule has 3 rings (SSSR count). The number of aryl methyl sites for hydroxylation is 1. The Morgan fingerprint density at radius 1 is 1.24 bits per heavy atom. The van der Waals surface area contributed by atoms with Gasteiger partial charge in [-0.1, -0.05) is 11.8 Å². The SMILES string of the molecule is COc1ccc(N2CCN(CC(=O)NCCSc3nncn3C)C2=O)cc1OC. The number of nitrogens with one attached hydrogen (secondary N) is 1. The van der Waals surface area contributed by atoms with Crippen LogP contribution in [0, 0.1) is 0 Å². The van der Waals surface area contributed by atoms with Crippen LogP contribution in [0.1, 0.15) is 0 Å². The van der Waals surface area contributed by atoms with E-state index in [1.807, 2.05) is 11.6 Å². The molecule has 1 fully saturated rings. The van der Waals surface area contributed by atoms with Crippen LogP contribution < -0.4 is 19.7 Å². The predicted octanol–water partition coefficient (Wildman–Crippen LogP) is 0.983. The van der Waals surface area contributed by atoms with Gasteiger partial charge in [-0.25, -0.2) is 4.79 Å². The zero-order chi connectivity index (χ0) is 20.8. The lowest BCUT2D eigenvalue weighted by Crippen LogP contribution is -2.40. The number of rotatable bonds is 9. The molecule has 0 saturated carbocycles. The van der Waals surface area contributed by atoms with Crippen molar-refractivity contribution in [3.05, 3.63) is 24.5 Å². The van der Waals surface area contributed by atoms with E-state index in [1.54, 1.807) is 43.6 Å². The lowest BCUT2D eigenvalue weighted by Gasteiger charge is -2.19. The van der Waals surface area contributed by atoms with Crippen molar-refractivity contribution < 1.29 is 19.1 Å². The number of carbonyl (C=O) groups is 2. The first-order chi connectivity index (χ1) is 14.0. The molecule has 1 N–H and O–H groups in total. The van der Waals surface area contributed by atoms with E-state index in [2.05, 4.69) is 15.5 Å². The smallest absolute Gasteiger partial charge is 0.325 e. The van der Waals surface area contributed by atoms with Crippen LogP contribution in [0.5, 0.6) is 11.5 Å². The van der Waals surface area contributed by atoms with Crippen molar-refractivity contribution in [2.75, 3.05) is 51.1 Å². The van der Waals surface area contributed by atoms with Gasteiger partial charge in [-0.05, 0) is 12.1 Å². The summed E-state index contributed by atoms with van der Waals surface area (Å²) in [5.41, 5.74) is 0.704. The molecular formula is C18H24N6O4S. The van der Waals surface area contributed by atoms with Crippen molar-refractivity contribution in [1.82, 2.24) is 25.0 Å². The highest BCUT2D eigenvalue weighted by atomic mass is 32.2. The number of anilines is 1. The zero-order valence-electron chi connectivity index (χ0n) is 16.6. The predicted molar refractivity (Wildman–Crippen MR) is 109 cm³/mol. The van der Waals surface area contributed by atoms with Crippen molar-refractivity contribution in [3.8, 4) is 11.5 Å². The van der Waals surface area contributed by atoms with Gasteiger partial charge < -0.3 is 24.3 Å². The number of ether oxygens (including phenoxy) is 2. The topological polar surface area (TPSA) is 102 Å². The summed E-state index contributed by atoms with van der Waals surface area (Å²) < 4.78 is 12.3. The van der Waals surface area contributed by atoms with E-state index >= 15 is 0 Å². The van der Waals surface area contributed by atoms with Crippen LogP contribution in [0.3, 0.4) is 0 Å². The lowest BCUT2D eigenvalue weighted by atomic mass is 10.2. The highest BCUT2D eigenvalue weighted by molar-refractivity contribution is 7.99. The fraction of sp³-hybridized carbons (Fsp3) is 0.444. The van der Waals surface area contributed by atoms with Crippen LogP contribution in [0.4, 0.5) is 10.5 Å². The Labute approximate surface area is 173 Å². The maximum atomic E-state index is 12.7. The van der Waals surface area contributed by atoms with E-state index in [-0.39, 0.29) is 18.5 Å². The highest BCUT2D eigenvalue weighted by Gasteiger charge is 2.31. The molecule has 10 nitrogen and oxygen atoms in total. The second-order valence-corrected chi connectivity index (χ2v) is 7.38. The van der Waals surface area contributed by atoms with Gasteiger partial charge >= 0.3 is 6.03 Å². The molecule has 0 bridgehead atoms. The molecule has 1 aliphatic heterocycles.